The Labute approximate surface area is 126 Å². The summed E-state index contributed by atoms with van der Waals surface area (Å²) in [5.74, 6) is 0.212. The molecule has 0 radical (unpaired) electrons. The highest BCUT2D eigenvalue weighted by Crippen LogP contribution is 2.33. The molecule has 0 unspecified atom stereocenters. The van der Waals surface area contributed by atoms with Crippen molar-refractivity contribution < 1.29 is 5.11 Å². The Morgan fingerprint density at radius 2 is 1.80 bits per heavy atom. The molecule has 102 valence electrons. The van der Waals surface area contributed by atoms with Crippen molar-refractivity contribution in [3.05, 3.63) is 70.3 Å². The second-order valence-corrected chi connectivity index (χ2v) is 5.82. The standard InChI is InChI=1S/C17H16BrNO/c18-13-7-5-12(6-8-13)14(9-10-20)16-11-19-17-4-2-1-3-15(16)17/h1-8,11,14,19-20H,9-10H2/t14-/m0/s1. The van der Waals surface area contributed by atoms with E-state index in [0.29, 0.717) is 0 Å². The number of aliphatic hydroxyl groups excluding tert-OH is 1. The van der Waals surface area contributed by atoms with Gasteiger partial charge in [-0.3, -0.25) is 0 Å². The van der Waals surface area contributed by atoms with Crippen LogP contribution in [0.15, 0.2) is 59.2 Å². The first kappa shape index (κ1) is 13.4. The number of fused-ring (bicyclic) bond motifs is 1. The van der Waals surface area contributed by atoms with Crippen molar-refractivity contribution in [2.45, 2.75) is 12.3 Å². The predicted octanol–water partition coefficient (Wildman–Crippen LogP) is 4.44. The van der Waals surface area contributed by atoms with Crippen LogP contribution in [0.25, 0.3) is 10.9 Å². The number of aromatic amines is 1. The molecule has 1 aromatic heterocycles. The molecule has 2 N–H and O–H groups in total. The number of benzene rings is 2. The summed E-state index contributed by atoms with van der Waals surface area (Å²) >= 11 is 3.47. The molecule has 1 atom stereocenters. The van der Waals surface area contributed by atoms with Gasteiger partial charge in [-0.15, -0.1) is 0 Å². The second kappa shape index (κ2) is 5.81. The Kier molecular flexibility index (Phi) is 3.90. The number of aromatic nitrogens is 1. The van der Waals surface area contributed by atoms with Gasteiger partial charge >= 0.3 is 0 Å². The van der Waals surface area contributed by atoms with Gasteiger partial charge in [-0.1, -0.05) is 46.3 Å². The van der Waals surface area contributed by atoms with E-state index in [1.165, 1.54) is 16.5 Å². The highest BCUT2D eigenvalue weighted by molar-refractivity contribution is 9.10. The van der Waals surface area contributed by atoms with Gasteiger partial charge in [0.2, 0.25) is 0 Å². The molecule has 3 rings (SSSR count). The van der Waals surface area contributed by atoms with Crippen LogP contribution >= 0.6 is 15.9 Å². The molecule has 2 aromatic carbocycles. The lowest BCUT2D eigenvalue weighted by Crippen LogP contribution is -2.03. The van der Waals surface area contributed by atoms with Gasteiger partial charge in [-0.05, 0) is 35.7 Å². The Hall–Kier alpha value is -1.58. The van der Waals surface area contributed by atoms with E-state index in [4.69, 9.17) is 0 Å². The van der Waals surface area contributed by atoms with E-state index in [2.05, 4.69) is 69.6 Å². The van der Waals surface area contributed by atoms with Gasteiger partial charge in [0, 0.05) is 34.1 Å². The topological polar surface area (TPSA) is 36.0 Å². The number of para-hydroxylation sites is 1. The average molecular weight is 330 g/mol. The summed E-state index contributed by atoms with van der Waals surface area (Å²) in [7, 11) is 0. The average Bonchev–Trinajstić information content (AvgIpc) is 2.90. The molecule has 0 aliphatic carbocycles. The van der Waals surface area contributed by atoms with Crippen molar-refractivity contribution in [2.24, 2.45) is 0 Å². The fraction of sp³-hybridized carbons (Fsp3) is 0.176. The number of H-pyrrole nitrogens is 1. The summed E-state index contributed by atoms with van der Waals surface area (Å²) in [6.45, 7) is 0.181. The zero-order valence-electron chi connectivity index (χ0n) is 11.0. The van der Waals surface area contributed by atoms with Crippen molar-refractivity contribution in [1.29, 1.82) is 0 Å². The Bertz CT molecular complexity index is 702. The lowest BCUT2D eigenvalue weighted by molar-refractivity contribution is 0.282. The number of halogens is 1. The predicted molar refractivity (Wildman–Crippen MR) is 86.0 cm³/mol. The summed E-state index contributed by atoms with van der Waals surface area (Å²) in [5, 5.41) is 10.6. The van der Waals surface area contributed by atoms with Crippen molar-refractivity contribution in [3.8, 4) is 0 Å². The molecule has 1 heterocycles. The molecule has 2 nitrogen and oxygen atoms in total. The summed E-state index contributed by atoms with van der Waals surface area (Å²) < 4.78 is 1.07. The van der Waals surface area contributed by atoms with E-state index in [1.54, 1.807) is 0 Å². The smallest absolute Gasteiger partial charge is 0.0457 e. The fourth-order valence-corrected chi connectivity index (χ4v) is 2.97. The molecule has 0 fully saturated rings. The van der Waals surface area contributed by atoms with Crippen LogP contribution in [0.5, 0.6) is 0 Å². The van der Waals surface area contributed by atoms with Gasteiger partial charge < -0.3 is 10.1 Å². The largest absolute Gasteiger partial charge is 0.396 e. The van der Waals surface area contributed by atoms with Crippen LogP contribution < -0.4 is 0 Å². The minimum Gasteiger partial charge on any atom is -0.396 e. The van der Waals surface area contributed by atoms with E-state index in [-0.39, 0.29) is 12.5 Å². The zero-order chi connectivity index (χ0) is 13.9. The summed E-state index contributed by atoms with van der Waals surface area (Å²) in [4.78, 5) is 3.32. The maximum Gasteiger partial charge on any atom is 0.0457 e. The molecule has 0 saturated heterocycles. The van der Waals surface area contributed by atoms with Crippen LogP contribution in [0, 0.1) is 0 Å². The summed E-state index contributed by atoms with van der Waals surface area (Å²) in [6.07, 6.45) is 2.79. The third kappa shape index (κ3) is 2.51. The van der Waals surface area contributed by atoms with Gasteiger partial charge in [0.05, 0.1) is 0 Å². The molecule has 0 bridgehead atoms. The number of hydrogen-bond donors (Lipinski definition) is 2. The zero-order valence-corrected chi connectivity index (χ0v) is 12.6. The van der Waals surface area contributed by atoms with Gasteiger partial charge in [0.25, 0.3) is 0 Å². The normalized spacial score (nSPS) is 12.7. The first-order valence-electron chi connectivity index (χ1n) is 6.72. The molecule has 20 heavy (non-hydrogen) atoms. The van der Waals surface area contributed by atoms with Crippen LogP contribution in [0.3, 0.4) is 0 Å². The van der Waals surface area contributed by atoms with Gasteiger partial charge in [-0.2, -0.15) is 0 Å². The van der Waals surface area contributed by atoms with E-state index in [9.17, 15) is 5.11 Å². The van der Waals surface area contributed by atoms with Crippen molar-refractivity contribution in [2.75, 3.05) is 6.61 Å². The summed E-state index contributed by atoms with van der Waals surface area (Å²) in [6, 6.07) is 16.6. The molecule has 3 heteroatoms. The maximum atomic E-state index is 9.40. The maximum absolute atomic E-state index is 9.40. The molecule has 3 aromatic rings. The van der Waals surface area contributed by atoms with Crippen LogP contribution in [0.4, 0.5) is 0 Å². The van der Waals surface area contributed by atoms with Crippen LogP contribution in [0.2, 0.25) is 0 Å². The lowest BCUT2D eigenvalue weighted by atomic mass is 9.88. The molecule has 0 aliphatic rings. The molecule has 0 aliphatic heterocycles. The molecule has 0 saturated carbocycles. The van der Waals surface area contributed by atoms with Crippen LogP contribution in [-0.4, -0.2) is 16.7 Å². The number of aliphatic hydroxyl groups is 1. The highest BCUT2D eigenvalue weighted by atomic mass is 79.9. The van der Waals surface area contributed by atoms with Crippen molar-refractivity contribution in [3.63, 3.8) is 0 Å². The SMILES string of the molecule is OCC[C@@H](c1ccc(Br)cc1)c1c[nH]c2ccccc12. The van der Waals surface area contributed by atoms with E-state index < -0.39 is 0 Å². The van der Waals surface area contributed by atoms with Crippen molar-refractivity contribution >= 4 is 26.8 Å². The number of rotatable bonds is 4. The Balaban J connectivity index is 2.08. The molecule has 0 spiro atoms. The summed E-state index contributed by atoms with van der Waals surface area (Å²) in [5.41, 5.74) is 3.62. The Morgan fingerprint density at radius 1 is 1.05 bits per heavy atom. The molecular weight excluding hydrogens is 314 g/mol. The van der Waals surface area contributed by atoms with Gasteiger partial charge in [0.15, 0.2) is 0 Å². The van der Waals surface area contributed by atoms with E-state index >= 15 is 0 Å². The van der Waals surface area contributed by atoms with Crippen LogP contribution in [-0.2, 0) is 0 Å². The Morgan fingerprint density at radius 3 is 2.55 bits per heavy atom. The number of nitrogens with one attached hydrogen (secondary N) is 1. The second-order valence-electron chi connectivity index (χ2n) is 4.91. The third-order valence-electron chi connectivity index (χ3n) is 3.69. The monoisotopic (exact) mass is 329 g/mol. The quantitative estimate of drug-likeness (QED) is 0.729. The first-order chi connectivity index (χ1) is 9.79. The van der Waals surface area contributed by atoms with E-state index in [1.807, 2.05) is 6.07 Å². The van der Waals surface area contributed by atoms with Gasteiger partial charge in [-0.25, -0.2) is 0 Å². The minimum absolute atomic E-state index is 0.181. The lowest BCUT2D eigenvalue weighted by Gasteiger charge is -2.16. The molecular formula is C17H16BrNO. The van der Waals surface area contributed by atoms with Gasteiger partial charge in [0.1, 0.15) is 0 Å². The fourth-order valence-electron chi connectivity index (χ4n) is 2.71. The van der Waals surface area contributed by atoms with E-state index in [0.717, 1.165) is 16.4 Å². The minimum atomic E-state index is 0.181. The molecule has 0 amide bonds. The first-order valence-corrected chi connectivity index (χ1v) is 7.51. The van der Waals surface area contributed by atoms with Crippen LogP contribution in [0.1, 0.15) is 23.5 Å². The highest BCUT2D eigenvalue weighted by Gasteiger charge is 2.17. The number of hydrogen-bond acceptors (Lipinski definition) is 1. The van der Waals surface area contributed by atoms with Crippen molar-refractivity contribution in [1.82, 2.24) is 4.98 Å². The third-order valence-corrected chi connectivity index (χ3v) is 4.22.